The third kappa shape index (κ3) is 11.7. The number of ether oxygens (including phenoxy) is 2. The van der Waals surface area contributed by atoms with E-state index in [1.807, 2.05) is 36.4 Å². The second kappa shape index (κ2) is 17.3. The van der Waals surface area contributed by atoms with E-state index in [4.69, 9.17) is 30.1 Å². The summed E-state index contributed by atoms with van der Waals surface area (Å²) in [5, 5.41) is 15.7. The van der Waals surface area contributed by atoms with Crippen LogP contribution in [0.1, 0.15) is 31.4 Å². The van der Waals surface area contributed by atoms with Gasteiger partial charge in [0.25, 0.3) is 0 Å². The first-order chi connectivity index (χ1) is 20.7. The largest absolute Gasteiger partial charge is 0.480 e. The zero-order valence-electron chi connectivity index (χ0n) is 23.9. The summed E-state index contributed by atoms with van der Waals surface area (Å²) in [6.45, 7) is 3.86. The molecule has 43 heavy (non-hydrogen) atoms. The Labute approximate surface area is 255 Å². The first-order valence-electron chi connectivity index (χ1n) is 13.6. The third-order valence-corrected chi connectivity index (χ3v) is 7.83. The Balaban J connectivity index is 1.85. The molecule has 0 aliphatic carbocycles. The van der Waals surface area contributed by atoms with Crippen molar-refractivity contribution in [3.05, 3.63) is 95.0 Å². The fourth-order valence-electron chi connectivity index (χ4n) is 3.74. The van der Waals surface area contributed by atoms with Crippen molar-refractivity contribution in [2.45, 2.75) is 39.5 Å². The van der Waals surface area contributed by atoms with Crippen molar-refractivity contribution in [3.8, 4) is 0 Å². The smallest absolute Gasteiger partial charge is 0.408 e. The first-order valence-corrected chi connectivity index (χ1v) is 15.7. The first kappa shape index (κ1) is 33.6. The predicted octanol–water partition coefficient (Wildman–Crippen LogP) is 6.99. The molecule has 0 aliphatic heterocycles. The number of carbonyl (C=O) groups is 2. The van der Waals surface area contributed by atoms with E-state index in [1.54, 1.807) is 56.3 Å². The van der Waals surface area contributed by atoms with Gasteiger partial charge in [0.15, 0.2) is 5.90 Å². The molecule has 0 saturated carbocycles. The monoisotopic (exact) mass is 631 g/mol. The average molecular weight is 632 g/mol. The molecule has 0 spiro atoms. The second-order valence-electron chi connectivity index (χ2n) is 9.02. The van der Waals surface area contributed by atoms with E-state index in [0.29, 0.717) is 10.7 Å². The van der Waals surface area contributed by atoms with Crippen molar-refractivity contribution in [1.29, 1.82) is 0 Å². The van der Waals surface area contributed by atoms with E-state index < -0.39 is 25.7 Å². The fraction of sp³-hybridized carbons (Fsp3) is 0.300. The summed E-state index contributed by atoms with van der Waals surface area (Å²) in [5.74, 6) is -1.31. The third-order valence-electron chi connectivity index (χ3n) is 5.75. The quantitative estimate of drug-likeness (QED) is 0.0865. The molecule has 0 unspecified atom stereocenters. The number of anilines is 1. The highest BCUT2D eigenvalue weighted by molar-refractivity contribution is 7.53. The van der Waals surface area contributed by atoms with Crippen molar-refractivity contribution >= 4 is 48.5 Å². The number of aliphatic carboxylic acids is 1. The Morgan fingerprint density at radius 3 is 2.05 bits per heavy atom. The number of aliphatic imine (C=N–C) groups is 1. The maximum absolute atomic E-state index is 13.0. The lowest BCUT2D eigenvalue weighted by Gasteiger charge is -2.19. The van der Waals surface area contributed by atoms with E-state index in [-0.39, 0.29) is 50.7 Å². The lowest BCUT2D eigenvalue weighted by atomic mass is 10.2. The molecule has 0 aliphatic rings. The molecular formula is C30H35ClN3O8P. The number of carboxylic acid groups (broad SMARTS) is 1. The van der Waals surface area contributed by atoms with Gasteiger partial charge in [-0.15, -0.1) is 0 Å². The van der Waals surface area contributed by atoms with Crippen LogP contribution in [0.15, 0.2) is 83.9 Å². The number of nitrogens with zero attached hydrogens (tertiary/aromatic N) is 1. The van der Waals surface area contributed by atoms with E-state index >= 15 is 0 Å². The highest BCUT2D eigenvalue weighted by atomic mass is 35.5. The number of amides is 1. The zero-order valence-corrected chi connectivity index (χ0v) is 25.6. The minimum atomic E-state index is -3.45. The van der Waals surface area contributed by atoms with Gasteiger partial charge in [0, 0.05) is 5.02 Å². The van der Waals surface area contributed by atoms with Crippen LogP contribution in [-0.4, -0.2) is 48.6 Å². The molecule has 0 heterocycles. The van der Waals surface area contributed by atoms with Gasteiger partial charge in [0.1, 0.15) is 25.5 Å². The van der Waals surface area contributed by atoms with Gasteiger partial charge >= 0.3 is 19.7 Å². The molecule has 3 aromatic rings. The Kier molecular flexibility index (Phi) is 13.5. The van der Waals surface area contributed by atoms with Gasteiger partial charge in [-0.25, -0.2) is 14.6 Å². The number of alkyl carbamates (subject to hydrolysis) is 1. The summed E-state index contributed by atoms with van der Waals surface area (Å²) in [6, 6.07) is 21.6. The molecule has 0 fully saturated rings. The molecule has 13 heteroatoms. The van der Waals surface area contributed by atoms with E-state index in [2.05, 4.69) is 15.6 Å². The van der Waals surface area contributed by atoms with Gasteiger partial charge in [-0.05, 0) is 43.2 Å². The van der Waals surface area contributed by atoms with Crippen molar-refractivity contribution < 1.29 is 37.8 Å². The zero-order chi connectivity index (χ0) is 31.1. The Morgan fingerprint density at radius 2 is 1.49 bits per heavy atom. The molecule has 230 valence electrons. The Bertz CT molecular complexity index is 1400. The van der Waals surface area contributed by atoms with Gasteiger partial charge in [-0.2, -0.15) is 0 Å². The highest BCUT2D eigenvalue weighted by Gasteiger charge is 2.26. The van der Waals surface area contributed by atoms with Crippen molar-refractivity contribution in [2.24, 2.45) is 4.99 Å². The van der Waals surface area contributed by atoms with E-state index in [0.717, 1.165) is 11.1 Å². The number of nitrogens with one attached hydrogen (secondary N) is 2. The lowest BCUT2D eigenvalue weighted by Crippen LogP contribution is -2.42. The minimum absolute atomic E-state index is 0.00253. The number of carboxylic acids is 1. The summed E-state index contributed by atoms with van der Waals surface area (Å²) in [4.78, 5) is 29.2. The molecule has 11 nitrogen and oxygen atoms in total. The predicted molar refractivity (Wildman–Crippen MR) is 165 cm³/mol. The van der Waals surface area contributed by atoms with Crippen molar-refractivity contribution in [1.82, 2.24) is 5.32 Å². The number of rotatable bonds is 16. The van der Waals surface area contributed by atoms with Gasteiger partial charge in [0.2, 0.25) is 0 Å². The maximum Gasteiger partial charge on any atom is 0.408 e. The number of carbonyl (C=O) groups excluding carboxylic acids is 1. The molecule has 0 radical (unpaired) electrons. The van der Waals surface area contributed by atoms with Gasteiger partial charge in [0.05, 0.1) is 31.0 Å². The number of hydrogen-bond donors (Lipinski definition) is 3. The van der Waals surface area contributed by atoms with E-state index in [9.17, 15) is 19.3 Å². The topological polar surface area (TPSA) is 145 Å². The Hall–Kier alpha value is -3.89. The van der Waals surface area contributed by atoms with Crippen molar-refractivity contribution in [3.63, 3.8) is 0 Å². The summed E-state index contributed by atoms with van der Waals surface area (Å²) in [5.41, 5.74) is 2.27. The lowest BCUT2D eigenvalue weighted by molar-refractivity contribution is -0.139. The van der Waals surface area contributed by atoms with Crippen LogP contribution in [-0.2, 0) is 41.1 Å². The molecular weight excluding hydrogens is 597 g/mol. The van der Waals surface area contributed by atoms with Gasteiger partial charge in [-0.1, -0.05) is 72.3 Å². The molecule has 1 amide bonds. The van der Waals surface area contributed by atoms with Gasteiger partial charge in [-0.3, -0.25) is 4.57 Å². The maximum atomic E-state index is 13.0. The van der Waals surface area contributed by atoms with Crippen LogP contribution in [0, 0.1) is 0 Å². The van der Waals surface area contributed by atoms with Crippen LogP contribution in [0.4, 0.5) is 16.2 Å². The minimum Gasteiger partial charge on any atom is -0.480 e. The van der Waals surface area contributed by atoms with Crippen molar-refractivity contribution in [2.75, 3.05) is 24.8 Å². The highest BCUT2D eigenvalue weighted by Crippen LogP contribution is 2.48. The van der Waals surface area contributed by atoms with Crippen LogP contribution < -0.4 is 10.6 Å². The standard InChI is InChI=1S/C30H35ClN3O8P/c1-3-41-43(38,42-4-2)21-32-25-16-15-24(31)17-26(25)33-28(39-19-22-11-7-5-8-12-22)18-27(29(35)36)34-30(37)40-20-23-13-9-6-10-14-23/h5-17,27,32H,3-4,18-21H2,1-2H3,(H,34,37)(H,35,36)/t27-/m1/s1. The van der Waals surface area contributed by atoms with Crippen LogP contribution in [0.25, 0.3) is 0 Å². The molecule has 0 bridgehead atoms. The summed E-state index contributed by atoms with van der Waals surface area (Å²) in [7, 11) is -3.45. The molecule has 3 N–H and O–H groups in total. The number of halogens is 1. The molecule has 0 aromatic heterocycles. The SMILES string of the molecule is CCOP(=O)(CNc1ccc(Cl)cc1N=C(C[C@@H](NC(=O)OCc1ccccc1)C(=O)O)OCc1ccccc1)OCC. The van der Waals surface area contributed by atoms with Crippen LogP contribution in [0.2, 0.25) is 5.02 Å². The fourth-order valence-corrected chi connectivity index (χ4v) is 5.32. The normalized spacial score (nSPS) is 12.3. The molecule has 3 rings (SSSR count). The summed E-state index contributed by atoms with van der Waals surface area (Å²) in [6.07, 6.45) is -1.37. The number of benzene rings is 3. The van der Waals surface area contributed by atoms with E-state index in [1.165, 1.54) is 0 Å². The molecule has 0 saturated heterocycles. The molecule has 1 atom stereocenters. The summed E-state index contributed by atoms with van der Waals surface area (Å²) < 4.78 is 34.9. The molecule has 3 aromatic carbocycles. The van der Waals surface area contributed by atoms with Crippen LogP contribution >= 0.6 is 19.2 Å². The van der Waals surface area contributed by atoms with Crippen LogP contribution in [0.3, 0.4) is 0 Å². The second-order valence-corrected chi connectivity index (χ2v) is 11.5. The Morgan fingerprint density at radius 1 is 0.907 bits per heavy atom. The summed E-state index contributed by atoms with van der Waals surface area (Å²) >= 11 is 6.26. The average Bonchev–Trinajstić information content (AvgIpc) is 2.99. The van der Waals surface area contributed by atoms with Gasteiger partial charge < -0.3 is 34.3 Å². The number of hydrogen-bond acceptors (Lipinski definition) is 9. The van der Waals surface area contributed by atoms with Crippen LogP contribution in [0.5, 0.6) is 0 Å².